The van der Waals surface area contributed by atoms with Gasteiger partial charge in [-0.1, -0.05) is 12.1 Å². The van der Waals surface area contributed by atoms with Crippen LogP contribution in [0.3, 0.4) is 0 Å². The lowest BCUT2D eigenvalue weighted by molar-refractivity contribution is -0.129. The highest BCUT2D eigenvalue weighted by atomic mass is 16.5. The van der Waals surface area contributed by atoms with E-state index in [-0.39, 0.29) is 11.8 Å². The van der Waals surface area contributed by atoms with Crippen LogP contribution in [0.5, 0.6) is 5.75 Å². The average Bonchev–Trinajstić information content (AvgIpc) is 3.39. The normalized spacial score (nSPS) is 17.5. The molecule has 2 aromatic carbocycles. The predicted octanol–water partition coefficient (Wildman–Crippen LogP) is 4.08. The molecule has 1 aromatic heterocycles. The van der Waals surface area contributed by atoms with E-state index < -0.39 is 0 Å². The Labute approximate surface area is 231 Å². The van der Waals surface area contributed by atoms with E-state index in [1.165, 1.54) is 11.3 Å². The number of carbonyl (C=O) groups is 2. The largest absolute Gasteiger partial charge is 0.496 e. The van der Waals surface area contributed by atoms with Crippen LogP contribution in [0.15, 0.2) is 48.7 Å². The highest BCUT2D eigenvalue weighted by molar-refractivity contribution is 5.97. The van der Waals surface area contributed by atoms with Crippen LogP contribution >= 0.6 is 0 Å². The van der Waals surface area contributed by atoms with Crippen LogP contribution in [0, 0.1) is 0 Å². The number of carbonyl (C=O) groups excluding carboxylic acids is 2. The van der Waals surface area contributed by atoms with E-state index in [9.17, 15) is 9.59 Å². The quantitative estimate of drug-likeness (QED) is 0.474. The summed E-state index contributed by atoms with van der Waals surface area (Å²) in [5, 5.41) is 1.14. The van der Waals surface area contributed by atoms with Crippen molar-refractivity contribution in [1.82, 2.24) is 14.4 Å². The van der Waals surface area contributed by atoms with E-state index in [1.807, 2.05) is 24.1 Å². The zero-order valence-electron chi connectivity index (χ0n) is 23.4. The topological polar surface area (TPSA) is 84.0 Å². The first-order valence-electron chi connectivity index (χ1n) is 14.1. The van der Waals surface area contributed by atoms with Crippen LogP contribution in [-0.4, -0.2) is 79.1 Å². The zero-order chi connectivity index (χ0) is 27.5. The molecule has 0 atom stereocenters. The molecule has 2 aliphatic rings. The average molecular weight is 532 g/mol. The number of likely N-dealkylation sites (tertiary alicyclic amines) is 1. The number of anilines is 1. The van der Waals surface area contributed by atoms with Crippen molar-refractivity contribution in [2.45, 2.75) is 51.1 Å². The monoisotopic (exact) mass is 531 g/mol. The van der Waals surface area contributed by atoms with Gasteiger partial charge in [0.05, 0.1) is 7.11 Å². The lowest BCUT2D eigenvalue weighted by Crippen LogP contribution is -2.45. The molecule has 0 radical (unpaired) electrons. The first-order valence-corrected chi connectivity index (χ1v) is 14.1. The maximum atomic E-state index is 11.8. The molecule has 0 spiro atoms. The molecule has 0 unspecified atom stereocenters. The number of benzene rings is 2. The molecule has 0 bridgehead atoms. The highest BCUT2D eigenvalue weighted by Gasteiger charge is 2.27. The summed E-state index contributed by atoms with van der Waals surface area (Å²) in [6, 6.07) is 14.9. The number of piperidine rings is 2. The molecule has 0 aliphatic carbocycles. The number of aromatic nitrogens is 1. The summed E-state index contributed by atoms with van der Waals surface area (Å²) >= 11 is 0. The molecule has 8 nitrogen and oxygen atoms in total. The van der Waals surface area contributed by atoms with Crippen LogP contribution in [0.1, 0.15) is 54.6 Å². The molecular weight excluding hydrogens is 490 g/mol. The second kappa shape index (κ2) is 11.7. The fourth-order valence-corrected chi connectivity index (χ4v) is 6.36. The van der Waals surface area contributed by atoms with Crippen molar-refractivity contribution < 1.29 is 14.3 Å². The van der Waals surface area contributed by atoms with E-state index in [4.69, 9.17) is 10.5 Å². The lowest BCUT2D eigenvalue weighted by Gasteiger charge is -2.38. The van der Waals surface area contributed by atoms with E-state index >= 15 is 0 Å². The number of amides is 2. The maximum Gasteiger partial charge on any atom is 0.248 e. The number of hydrogen-bond donors (Lipinski definition) is 1. The van der Waals surface area contributed by atoms with Crippen molar-refractivity contribution in [2.24, 2.45) is 5.73 Å². The molecule has 208 valence electrons. The third kappa shape index (κ3) is 5.76. The van der Waals surface area contributed by atoms with Gasteiger partial charge in [-0.25, -0.2) is 0 Å². The fraction of sp³-hybridized carbons (Fsp3) is 0.484. The maximum absolute atomic E-state index is 11.8. The van der Waals surface area contributed by atoms with Gasteiger partial charge in [-0.05, 0) is 67.8 Å². The minimum Gasteiger partial charge on any atom is -0.496 e. The molecule has 2 N–H and O–H groups in total. The fourth-order valence-electron chi connectivity index (χ4n) is 6.36. The van der Waals surface area contributed by atoms with Crippen molar-refractivity contribution in [2.75, 3.05) is 51.8 Å². The standard InChI is InChI=1S/C31H41N5O3/c1-22(37)33(2)25-12-18-35(19-13-25)28-5-4-6-30(39-3)27(28)14-17-34-15-10-26(11-16-34)36-20-9-23-7-8-24(31(32)38)21-29(23)36/h4-9,20-21,25-26H,10-19H2,1-3H3,(H2,32,38). The molecule has 2 saturated heterocycles. The number of methoxy groups -OCH3 is 1. The number of ether oxygens (including phenoxy) is 1. The first kappa shape index (κ1) is 27.1. The first-order chi connectivity index (χ1) is 18.9. The number of primary amides is 1. The van der Waals surface area contributed by atoms with Gasteiger partial charge in [0.1, 0.15) is 5.75 Å². The summed E-state index contributed by atoms with van der Waals surface area (Å²) in [6.45, 7) is 6.59. The van der Waals surface area contributed by atoms with Gasteiger partial charge < -0.3 is 29.7 Å². The van der Waals surface area contributed by atoms with Crippen LogP contribution in [-0.2, 0) is 11.2 Å². The Hall–Kier alpha value is -3.52. The zero-order valence-corrected chi connectivity index (χ0v) is 23.4. The van der Waals surface area contributed by atoms with Crippen LogP contribution in [0.4, 0.5) is 5.69 Å². The van der Waals surface area contributed by atoms with Gasteiger partial charge in [0.25, 0.3) is 0 Å². The molecule has 2 fully saturated rings. The highest BCUT2D eigenvalue weighted by Crippen LogP contribution is 2.33. The van der Waals surface area contributed by atoms with Gasteiger partial charge in [0.15, 0.2) is 0 Å². The Balaban J connectivity index is 1.22. The lowest BCUT2D eigenvalue weighted by atomic mass is 9.99. The molecule has 3 heterocycles. The van der Waals surface area contributed by atoms with E-state index in [1.54, 1.807) is 20.1 Å². The Kier molecular flexibility index (Phi) is 8.12. The summed E-state index contributed by atoms with van der Waals surface area (Å²) in [7, 11) is 3.67. The molecule has 5 rings (SSSR count). The van der Waals surface area contributed by atoms with Crippen LogP contribution < -0.4 is 15.4 Å². The summed E-state index contributed by atoms with van der Waals surface area (Å²) < 4.78 is 8.13. The minimum absolute atomic E-state index is 0.139. The van der Waals surface area contributed by atoms with E-state index in [2.05, 4.69) is 44.8 Å². The Bertz CT molecular complexity index is 1320. The molecule has 39 heavy (non-hydrogen) atoms. The third-order valence-corrected chi connectivity index (χ3v) is 8.81. The number of hydrogen-bond acceptors (Lipinski definition) is 5. The number of nitrogens with zero attached hydrogens (tertiary/aromatic N) is 4. The van der Waals surface area contributed by atoms with Gasteiger partial charge in [-0.3, -0.25) is 9.59 Å². The Morgan fingerprint density at radius 3 is 2.44 bits per heavy atom. The predicted molar refractivity (Wildman–Crippen MR) is 156 cm³/mol. The molecule has 2 aliphatic heterocycles. The van der Waals surface area contributed by atoms with Crippen molar-refractivity contribution in [1.29, 1.82) is 0 Å². The van der Waals surface area contributed by atoms with Gasteiger partial charge in [0, 0.05) is 87.3 Å². The van der Waals surface area contributed by atoms with E-state index in [0.717, 1.165) is 81.5 Å². The summed E-state index contributed by atoms with van der Waals surface area (Å²) in [5.74, 6) is 0.706. The SMILES string of the molecule is COc1cccc(N2CCC(N(C)C(C)=O)CC2)c1CCN1CCC(n2ccc3ccc(C(N)=O)cc32)CC1. The van der Waals surface area contributed by atoms with Crippen molar-refractivity contribution in [3.8, 4) is 5.75 Å². The molecule has 2 amide bonds. The Morgan fingerprint density at radius 1 is 1.03 bits per heavy atom. The van der Waals surface area contributed by atoms with E-state index in [0.29, 0.717) is 17.6 Å². The molecule has 3 aromatic rings. The van der Waals surface area contributed by atoms with Crippen LogP contribution in [0.2, 0.25) is 0 Å². The van der Waals surface area contributed by atoms with Gasteiger partial charge in [0.2, 0.25) is 11.8 Å². The summed E-state index contributed by atoms with van der Waals surface area (Å²) in [6.07, 6.45) is 7.19. The summed E-state index contributed by atoms with van der Waals surface area (Å²) in [4.78, 5) is 30.4. The van der Waals surface area contributed by atoms with Gasteiger partial charge in [-0.15, -0.1) is 0 Å². The van der Waals surface area contributed by atoms with Crippen molar-refractivity contribution >= 4 is 28.4 Å². The van der Waals surface area contributed by atoms with Gasteiger partial charge >= 0.3 is 0 Å². The molecule has 8 heteroatoms. The second-order valence-electron chi connectivity index (χ2n) is 11.0. The second-order valence-corrected chi connectivity index (χ2v) is 11.0. The summed E-state index contributed by atoms with van der Waals surface area (Å²) in [5.41, 5.74) is 9.71. The Morgan fingerprint density at radius 2 is 1.77 bits per heavy atom. The number of nitrogens with two attached hydrogens (primary N) is 1. The van der Waals surface area contributed by atoms with Gasteiger partial charge in [-0.2, -0.15) is 0 Å². The third-order valence-electron chi connectivity index (χ3n) is 8.81. The van der Waals surface area contributed by atoms with Crippen molar-refractivity contribution in [3.05, 3.63) is 59.8 Å². The smallest absolute Gasteiger partial charge is 0.248 e. The molecular formula is C31H41N5O3. The minimum atomic E-state index is -0.386. The number of fused-ring (bicyclic) bond motifs is 1. The number of rotatable bonds is 8. The van der Waals surface area contributed by atoms with Crippen LogP contribution in [0.25, 0.3) is 10.9 Å². The van der Waals surface area contributed by atoms with Crippen molar-refractivity contribution in [3.63, 3.8) is 0 Å². The molecule has 0 saturated carbocycles.